The summed E-state index contributed by atoms with van der Waals surface area (Å²) < 4.78 is 2.17. The van der Waals surface area contributed by atoms with E-state index < -0.39 is 0 Å². The van der Waals surface area contributed by atoms with Crippen LogP contribution >= 0.6 is 31.9 Å². The zero-order valence-electron chi connectivity index (χ0n) is 9.00. The standard InChI is InChI=1S/C12H15Br2NO/c13-11-4-3-9(6-12(11)14)7-15-5-1-2-10(15)8-16/h3-4,6,10,16H,1-2,5,7-8H2/t10-/m1/s1. The fraction of sp³-hybridized carbons (Fsp3) is 0.500. The second-order valence-electron chi connectivity index (χ2n) is 4.20. The second kappa shape index (κ2) is 5.63. The maximum Gasteiger partial charge on any atom is 0.0587 e. The molecular formula is C12H15Br2NO. The first-order valence-corrected chi connectivity index (χ1v) is 7.08. The normalized spacial score (nSPS) is 21.6. The van der Waals surface area contributed by atoms with Crippen molar-refractivity contribution in [3.63, 3.8) is 0 Å². The van der Waals surface area contributed by atoms with Gasteiger partial charge in [0, 0.05) is 21.5 Å². The number of halogens is 2. The highest BCUT2D eigenvalue weighted by atomic mass is 79.9. The van der Waals surface area contributed by atoms with E-state index in [2.05, 4.69) is 55.0 Å². The molecule has 0 unspecified atom stereocenters. The van der Waals surface area contributed by atoms with Crippen LogP contribution in [-0.2, 0) is 6.54 Å². The highest BCUT2D eigenvalue weighted by molar-refractivity contribution is 9.13. The third kappa shape index (κ3) is 2.86. The van der Waals surface area contributed by atoms with E-state index in [9.17, 15) is 5.11 Å². The molecule has 1 aromatic carbocycles. The lowest BCUT2D eigenvalue weighted by Crippen LogP contribution is -2.31. The molecule has 2 nitrogen and oxygen atoms in total. The van der Waals surface area contributed by atoms with Crippen molar-refractivity contribution in [3.05, 3.63) is 32.7 Å². The van der Waals surface area contributed by atoms with E-state index in [1.54, 1.807) is 0 Å². The van der Waals surface area contributed by atoms with Crippen LogP contribution in [0.1, 0.15) is 18.4 Å². The molecule has 0 radical (unpaired) electrons. The van der Waals surface area contributed by atoms with Crippen LogP contribution in [0.2, 0.25) is 0 Å². The van der Waals surface area contributed by atoms with E-state index in [0.717, 1.165) is 28.5 Å². The van der Waals surface area contributed by atoms with Crippen molar-refractivity contribution in [2.75, 3.05) is 13.2 Å². The van der Waals surface area contributed by atoms with E-state index in [4.69, 9.17) is 0 Å². The monoisotopic (exact) mass is 347 g/mol. The third-order valence-corrected chi connectivity index (χ3v) is 4.96. The van der Waals surface area contributed by atoms with E-state index in [1.165, 1.54) is 12.0 Å². The first kappa shape index (κ1) is 12.6. The van der Waals surface area contributed by atoms with Gasteiger partial charge in [-0.05, 0) is 68.9 Å². The van der Waals surface area contributed by atoms with Crippen molar-refractivity contribution in [2.24, 2.45) is 0 Å². The van der Waals surface area contributed by atoms with Crippen LogP contribution in [0.3, 0.4) is 0 Å². The Morgan fingerprint density at radius 3 is 2.81 bits per heavy atom. The zero-order valence-corrected chi connectivity index (χ0v) is 12.2. The molecule has 0 aromatic heterocycles. The number of aliphatic hydroxyl groups excluding tert-OH is 1. The van der Waals surface area contributed by atoms with Gasteiger partial charge in [0.2, 0.25) is 0 Å². The van der Waals surface area contributed by atoms with Gasteiger partial charge in [0.1, 0.15) is 0 Å². The number of likely N-dealkylation sites (tertiary alicyclic amines) is 1. The highest BCUT2D eigenvalue weighted by Gasteiger charge is 2.23. The Labute approximate surface area is 113 Å². The minimum Gasteiger partial charge on any atom is -0.395 e. The molecule has 88 valence electrons. The van der Waals surface area contributed by atoms with Crippen LogP contribution in [-0.4, -0.2) is 29.2 Å². The molecule has 0 amide bonds. The minimum absolute atomic E-state index is 0.275. The first-order chi connectivity index (χ1) is 7.70. The van der Waals surface area contributed by atoms with Gasteiger partial charge in [0.15, 0.2) is 0 Å². The molecule has 1 N–H and O–H groups in total. The summed E-state index contributed by atoms with van der Waals surface area (Å²) >= 11 is 6.98. The van der Waals surface area contributed by atoms with Crippen molar-refractivity contribution in [3.8, 4) is 0 Å². The van der Waals surface area contributed by atoms with Gasteiger partial charge in [0.05, 0.1) is 6.61 Å². The summed E-state index contributed by atoms with van der Waals surface area (Å²) in [6, 6.07) is 6.67. The number of hydrogen-bond donors (Lipinski definition) is 1. The van der Waals surface area contributed by atoms with Crippen LogP contribution in [0.5, 0.6) is 0 Å². The number of benzene rings is 1. The predicted octanol–water partition coefficient (Wildman–Crippen LogP) is 3.17. The fourth-order valence-electron chi connectivity index (χ4n) is 2.18. The molecule has 1 atom stereocenters. The molecule has 1 fully saturated rings. The summed E-state index contributed by atoms with van der Waals surface area (Å²) in [7, 11) is 0. The van der Waals surface area contributed by atoms with Crippen molar-refractivity contribution in [2.45, 2.75) is 25.4 Å². The first-order valence-electron chi connectivity index (χ1n) is 5.49. The molecule has 4 heteroatoms. The molecular weight excluding hydrogens is 334 g/mol. The van der Waals surface area contributed by atoms with Gasteiger partial charge in [-0.25, -0.2) is 0 Å². The summed E-state index contributed by atoms with van der Waals surface area (Å²) in [6.45, 7) is 2.30. The van der Waals surface area contributed by atoms with Gasteiger partial charge in [-0.1, -0.05) is 6.07 Å². The van der Waals surface area contributed by atoms with Gasteiger partial charge >= 0.3 is 0 Å². The maximum absolute atomic E-state index is 9.25. The van der Waals surface area contributed by atoms with Gasteiger partial charge in [-0.15, -0.1) is 0 Å². The fourth-order valence-corrected chi connectivity index (χ4v) is 2.86. The van der Waals surface area contributed by atoms with Crippen molar-refractivity contribution < 1.29 is 5.11 Å². The average Bonchev–Trinajstić information content (AvgIpc) is 2.71. The Morgan fingerprint density at radius 2 is 2.12 bits per heavy atom. The summed E-state index contributed by atoms with van der Waals surface area (Å²) in [5.41, 5.74) is 1.29. The second-order valence-corrected chi connectivity index (χ2v) is 5.91. The number of rotatable bonds is 3. The van der Waals surface area contributed by atoms with Crippen LogP contribution in [0.4, 0.5) is 0 Å². The summed E-state index contributed by atoms with van der Waals surface area (Å²) in [5, 5.41) is 9.25. The maximum atomic E-state index is 9.25. The SMILES string of the molecule is OC[C@H]1CCCN1Cc1ccc(Br)c(Br)c1. The zero-order chi connectivity index (χ0) is 11.5. The van der Waals surface area contributed by atoms with Crippen LogP contribution in [0.25, 0.3) is 0 Å². The van der Waals surface area contributed by atoms with Gasteiger partial charge in [-0.2, -0.15) is 0 Å². The third-order valence-electron chi connectivity index (χ3n) is 3.08. The van der Waals surface area contributed by atoms with E-state index in [0.29, 0.717) is 6.04 Å². The number of nitrogens with zero attached hydrogens (tertiary/aromatic N) is 1. The van der Waals surface area contributed by atoms with E-state index >= 15 is 0 Å². The minimum atomic E-state index is 0.275. The highest BCUT2D eigenvalue weighted by Crippen LogP contribution is 2.26. The van der Waals surface area contributed by atoms with Gasteiger partial charge in [-0.3, -0.25) is 4.90 Å². The van der Waals surface area contributed by atoms with Crippen molar-refractivity contribution in [1.82, 2.24) is 4.90 Å². The van der Waals surface area contributed by atoms with Crippen LogP contribution < -0.4 is 0 Å². The largest absolute Gasteiger partial charge is 0.395 e. The van der Waals surface area contributed by atoms with E-state index in [-0.39, 0.29) is 6.61 Å². The molecule has 0 saturated carbocycles. The Balaban J connectivity index is 2.05. The average molecular weight is 349 g/mol. The molecule has 1 aliphatic rings. The van der Waals surface area contributed by atoms with Crippen molar-refractivity contribution in [1.29, 1.82) is 0 Å². The lowest BCUT2D eigenvalue weighted by molar-refractivity contribution is 0.153. The molecule has 1 aromatic rings. The molecule has 1 aliphatic heterocycles. The van der Waals surface area contributed by atoms with Crippen LogP contribution in [0.15, 0.2) is 27.1 Å². The Morgan fingerprint density at radius 1 is 1.31 bits per heavy atom. The lowest BCUT2D eigenvalue weighted by Gasteiger charge is -2.22. The molecule has 1 heterocycles. The van der Waals surface area contributed by atoms with Gasteiger partial charge in [0.25, 0.3) is 0 Å². The molecule has 0 bridgehead atoms. The van der Waals surface area contributed by atoms with Gasteiger partial charge < -0.3 is 5.11 Å². The number of aliphatic hydroxyl groups is 1. The smallest absolute Gasteiger partial charge is 0.0587 e. The Hall–Kier alpha value is 0.1000. The Bertz CT molecular complexity index is 370. The summed E-state index contributed by atoms with van der Waals surface area (Å²) in [5.74, 6) is 0. The lowest BCUT2D eigenvalue weighted by atomic mass is 10.2. The summed E-state index contributed by atoms with van der Waals surface area (Å²) in [6.07, 6.45) is 2.32. The van der Waals surface area contributed by atoms with E-state index in [1.807, 2.05) is 0 Å². The predicted molar refractivity (Wildman–Crippen MR) is 72.4 cm³/mol. The van der Waals surface area contributed by atoms with Crippen molar-refractivity contribution >= 4 is 31.9 Å². The topological polar surface area (TPSA) is 23.5 Å². The number of hydrogen-bond acceptors (Lipinski definition) is 2. The molecule has 0 spiro atoms. The quantitative estimate of drug-likeness (QED) is 0.906. The Kier molecular flexibility index (Phi) is 4.41. The molecule has 2 rings (SSSR count). The molecule has 16 heavy (non-hydrogen) atoms. The molecule has 0 aliphatic carbocycles. The van der Waals surface area contributed by atoms with Crippen LogP contribution in [0, 0.1) is 0 Å². The summed E-state index contributed by atoms with van der Waals surface area (Å²) in [4.78, 5) is 2.36. The molecule has 1 saturated heterocycles.